The summed E-state index contributed by atoms with van der Waals surface area (Å²) in [5, 5.41) is 5.60. The number of aryl methyl sites for hydroxylation is 2. The van der Waals surface area contributed by atoms with E-state index in [1.165, 1.54) is 0 Å². The van der Waals surface area contributed by atoms with E-state index in [0.29, 0.717) is 13.0 Å². The van der Waals surface area contributed by atoms with Crippen LogP contribution in [0.15, 0.2) is 48.5 Å². The molecule has 1 fully saturated rings. The van der Waals surface area contributed by atoms with Gasteiger partial charge in [0.25, 0.3) is 5.91 Å². The summed E-state index contributed by atoms with van der Waals surface area (Å²) < 4.78 is 0. The lowest BCUT2D eigenvalue weighted by Crippen LogP contribution is -2.43. The van der Waals surface area contributed by atoms with Gasteiger partial charge in [0.05, 0.1) is 0 Å². The van der Waals surface area contributed by atoms with E-state index in [-0.39, 0.29) is 18.4 Å². The van der Waals surface area contributed by atoms with E-state index in [1.807, 2.05) is 55.5 Å². The van der Waals surface area contributed by atoms with Gasteiger partial charge in [-0.3, -0.25) is 14.5 Å². The molecule has 6 heteroatoms. The lowest BCUT2D eigenvalue weighted by atomic mass is 9.92. The summed E-state index contributed by atoms with van der Waals surface area (Å²) in [4.78, 5) is 38.7. The van der Waals surface area contributed by atoms with Crippen LogP contribution in [-0.4, -0.2) is 29.3 Å². The highest BCUT2D eigenvalue weighted by atomic mass is 16.2. The number of fused-ring (bicyclic) bond motifs is 2. The molecule has 2 N–H and O–H groups in total. The van der Waals surface area contributed by atoms with Crippen LogP contribution in [0.3, 0.4) is 0 Å². The van der Waals surface area contributed by atoms with E-state index < -0.39 is 11.6 Å². The van der Waals surface area contributed by atoms with E-state index in [4.69, 9.17) is 0 Å². The number of hydrogen-bond donors (Lipinski definition) is 2. The van der Waals surface area contributed by atoms with Crippen molar-refractivity contribution in [2.45, 2.75) is 31.8 Å². The average molecular weight is 363 g/mol. The highest BCUT2D eigenvalue weighted by Gasteiger charge is 2.55. The Hall–Kier alpha value is -3.15. The first kappa shape index (κ1) is 17.3. The van der Waals surface area contributed by atoms with Crippen molar-refractivity contribution < 1.29 is 14.4 Å². The van der Waals surface area contributed by atoms with Crippen LogP contribution < -0.4 is 10.6 Å². The SMILES string of the molecule is Cc1ccc(CNC(=O)CN2C(=O)NC3(CCc4ccccc43)C2=O)cc1. The van der Waals surface area contributed by atoms with E-state index in [1.54, 1.807) is 0 Å². The average Bonchev–Trinajstić information content (AvgIpc) is 3.15. The van der Waals surface area contributed by atoms with E-state index in [0.717, 1.165) is 33.6 Å². The molecular formula is C21H21N3O3. The molecule has 0 aromatic heterocycles. The minimum atomic E-state index is -1.02. The summed E-state index contributed by atoms with van der Waals surface area (Å²) in [6.07, 6.45) is 1.26. The Balaban J connectivity index is 1.44. The first-order valence-corrected chi connectivity index (χ1v) is 9.04. The lowest BCUT2D eigenvalue weighted by Gasteiger charge is -2.22. The molecule has 27 heavy (non-hydrogen) atoms. The van der Waals surface area contributed by atoms with Crippen LogP contribution in [0.5, 0.6) is 0 Å². The highest BCUT2D eigenvalue weighted by molar-refractivity contribution is 6.09. The van der Waals surface area contributed by atoms with Crippen molar-refractivity contribution in [2.24, 2.45) is 0 Å². The quantitative estimate of drug-likeness (QED) is 0.816. The predicted molar refractivity (Wildman–Crippen MR) is 99.7 cm³/mol. The summed E-state index contributed by atoms with van der Waals surface area (Å²) in [7, 11) is 0. The van der Waals surface area contributed by atoms with Gasteiger partial charge < -0.3 is 10.6 Å². The molecule has 2 aromatic carbocycles. The van der Waals surface area contributed by atoms with Gasteiger partial charge in [0.1, 0.15) is 12.1 Å². The van der Waals surface area contributed by atoms with Gasteiger partial charge in [-0.25, -0.2) is 4.79 Å². The number of nitrogens with zero attached hydrogens (tertiary/aromatic N) is 1. The van der Waals surface area contributed by atoms with Crippen LogP contribution >= 0.6 is 0 Å². The Morgan fingerprint density at radius 3 is 2.67 bits per heavy atom. The Morgan fingerprint density at radius 2 is 1.89 bits per heavy atom. The van der Waals surface area contributed by atoms with Crippen LogP contribution in [0.4, 0.5) is 4.79 Å². The van der Waals surface area contributed by atoms with Gasteiger partial charge in [0.15, 0.2) is 0 Å². The van der Waals surface area contributed by atoms with Crippen molar-refractivity contribution in [3.63, 3.8) is 0 Å². The van der Waals surface area contributed by atoms with Crippen molar-refractivity contribution in [1.29, 1.82) is 0 Å². The zero-order valence-electron chi connectivity index (χ0n) is 15.1. The second kappa shape index (κ2) is 6.54. The van der Waals surface area contributed by atoms with Crippen LogP contribution in [-0.2, 0) is 28.1 Å². The molecule has 2 aliphatic rings. The van der Waals surface area contributed by atoms with Crippen LogP contribution in [0, 0.1) is 6.92 Å². The fourth-order valence-electron chi connectivity index (χ4n) is 3.84. The number of urea groups is 1. The van der Waals surface area contributed by atoms with Gasteiger partial charge in [0.2, 0.25) is 5.91 Å². The third-order valence-corrected chi connectivity index (χ3v) is 5.33. The Bertz CT molecular complexity index is 923. The molecule has 1 aliphatic carbocycles. The van der Waals surface area contributed by atoms with E-state index >= 15 is 0 Å². The summed E-state index contributed by atoms with van der Waals surface area (Å²) in [6.45, 7) is 2.08. The van der Waals surface area contributed by atoms with Gasteiger partial charge in [0, 0.05) is 6.54 Å². The fourth-order valence-corrected chi connectivity index (χ4v) is 3.84. The minimum Gasteiger partial charge on any atom is -0.350 e. The van der Waals surface area contributed by atoms with Crippen LogP contribution in [0.2, 0.25) is 0 Å². The van der Waals surface area contributed by atoms with Gasteiger partial charge >= 0.3 is 6.03 Å². The number of carbonyl (C=O) groups excluding carboxylic acids is 3. The zero-order chi connectivity index (χ0) is 19.0. The Kier molecular flexibility index (Phi) is 4.18. The molecule has 1 spiro atoms. The number of benzene rings is 2. The van der Waals surface area contributed by atoms with E-state index in [2.05, 4.69) is 10.6 Å². The molecule has 2 aromatic rings. The molecule has 0 bridgehead atoms. The summed E-state index contributed by atoms with van der Waals surface area (Å²) in [5.41, 5.74) is 2.99. The molecule has 138 valence electrons. The number of hydrogen-bond acceptors (Lipinski definition) is 3. The van der Waals surface area contributed by atoms with Gasteiger partial charge in [-0.1, -0.05) is 54.1 Å². The van der Waals surface area contributed by atoms with Crippen molar-refractivity contribution in [1.82, 2.24) is 15.5 Å². The van der Waals surface area contributed by atoms with Crippen molar-refractivity contribution in [3.8, 4) is 0 Å². The van der Waals surface area contributed by atoms with Crippen molar-refractivity contribution in [2.75, 3.05) is 6.54 Å². The third-order valence-electron chi connectivity index (χ3n) is 5.33. The normalized spacial score (nSPS) is 20.7. The summed E-state index contributed by atoms with van der Waals surface area (Å²) in [6, 6.07) is 14.9. The maximum atomic E-state index is 13.0. The monoisotopic (exact) mass is 363 g/mol. The molecule has 4 amide bonds. The van der Waals surface area contributed by atoms with Crippen LogP contribution in [0.1, 0.15) is 28.7 Å². The fraction of sp³-hybridized carbons (Fsp3) is 0.286. The number of rotatable bonds is 4. The summed E-state index contributed by atoms with van der Waals surface area (Å²) in [5.74, 6) is -0.703. The number of carbonyl (C=O) groups is 3. The minimum absolute atomic E-state index is 0.277. The predicted octanol–water partition coefficient (Wildman–Crippen LogP) is 2.00. The van der Waals surface area contributed by atoms with Gasteiger partial charge in [-0.2, -0.15) is 0 Å². The number of amides is 4. The summed E-state index contributed by atoms with van der Waals surface area (Å²) >= 11 is 0. The molecule has 1 atom stereocenters. The number of nitrogens with one attached hydrogen (secondary N) is 2. The molecule has 1 unspecified atom stereocenters. The lowest BCUT2D eigenvalue weighted by molar-refractivity contribution is -0.135. The second-order valence-electron chi connectivity index (χ2n) is 7.15. The maximum Gasteiger partial charge on any atom is 0.325 e. The van der Waals surface area contributed by atoms with Crippen LogP contribution in [0.25, 0.3) is 0 Å². The Labute approximate surface area is 157 Å². The first-order valence-electron chi connectivity index (χ1n) is 9.04. The van der Waals surface area contributed by atoms with Crippen molar-refractivity contribution >= 4 is 17.8 Å². The van der Waals surface area contributed by atoms with E-state index in [9.17, 15) is 14.4 Å². The molecular weight excluding hydrogens is 342 g/mol. The largest absolute Gasteiger partial charge is 0.350 e. The third kappa shape index (κ3) is 2.97. The maximum absolute atomic E-state index is 13.0. The van der Waals surface area contributed by atoms with Gasteiger partial charge in [-0.05, 0) is 36.5 Å². The second-order valence-corrected chi connectivity index (χ2v) is 7.15. The molecule has 0 saturated carbocycles. The van der Waals surface area contributed by atoms with Gasteiger partial charge in [-0.15, -0.1) is 0 Å². The topological polar surface area (TPSA) is 78.5 Å². The molecule has 1 heterocycles. The smallest absolute Gasteiger partial charge is 0.325 e. The zero-order valence-corrected chi connectivity index (χ0v) is 15.1. The highest BCUT2D eigenvalue weighted by Crippen LogP contribution is 2.41. The number of imide groups is 1. The molecule has 6 nitrogen and oxygen atoms in total. The standard InChI is InChI=1S/C21H21N3O3/c1-14-6-8-15(9-7-14)12-22-18(25)13-24-19(26)21(23-20(24)27)11-10-16-4-2-3-5-17(16)21/h2-9H,10-13H2,1H3,(H,22,25)(H,23,27). The Morgan fingerprint density at radius 1 is 1.15 bits per heavy atom. The molecule has 0 radical (unpaired) electrons. The molecule has 1 saturated heterocycles. The molecule has 4 rings (SSSR count). The van der Waals surface area contributed by atoms with Crippen molar-refractivity contribution in [3.05, 3.63) is 70.8 Å². The first-order chi connectivity index (χ1) is 13.0. The molecule has 1 aliphatic heterocycles.